The summed E-state index contributed by atoms with van der Waals surface area (Å²) in [7, 11) is 0. The van der Waals surface area contributed by atoms with Gasteiger partial charge in [-0.15, -0.1) is 0 Å². The van der Waals surface area contributed by atoms with Crippen molar-refractivity contribution in [2.45, 2.75) is 19.6 Å². The lowest BCUT2D eigenvalue weighted by atomic mass is 10.1. The van der Waals surface area contributed by atoms with Crippen LogP contribution in [0.5, 0.6) is 5.75 Å². The fourth-order valence-electron chi connectivity index (χ4n) is 4.53. The van der Waals surface area contributed by atoms with Gasteiger partial charge in [0.1, 0.15) is 29.1 Å². The number of nitrogens with zero attached hydrogens (tertiary/aromatic N) is 6. The van der Waals surface area contributed by atoms with Crippen molar-refractivity contribution in [2.24, 2.45) is 0 Å². The molecule has 0 bridgehead atoms. The number of ether oxygens (including phenoxy) is 1. The van der Waals surface area contributed by atoms with Crippen molar-refractivity contribution in [3.8, 4) is 17.0 Å². The predicted octanol–water partition coefficient (Wildman–Crippen LogP) is 2.98. The second kappa shape index (κ2) is 12.0. The van der Waals surface area contributed by atoms with Crippen LogP contribution in [0.25, 0.3) is 16.9 Å². The van der Waals surface area contributed by atoms with Crippen LogP contribution in [0.1, 0.15) is 6.92 Å². The van der Waals surface area contributed by atoms with Gasteiger partial charge < -0.3 is 20.3 Å². The first kappa shape index (κ1) is 26.9. The van der Waals surface area contributed by atoms with Gasteiger partial charge >= 0.3 is 6.61 Å². The Morgan fingerprint density at radius 2 is 1.82 bits per heavy atom. The number of benzene rings is 1. The quantitative estimate of drug-likeness (QED) is 0.327. The topological polar surface area (TPSA) is 117 Å². The lowest BCUT2D eigenvalue weighted by Gasteiger charge is -2.35. The molecule has 1 aliphatic heterocycles. The van der Waals surface area contributed by atoms with E-state index in [4.69, 9.17) is 0 Å². The van der Waals surface area contributed by atoms with Crippen LogP contribution in [0.2, 0.25) is 0 Å². The van der Waals surface area contributed by atoms with E-state index in [2.05, 4.69) is 30.3 Å². The Morgan fingerprint density at radius 3 is 2.52 bits per heavy atom. The standard InChI is InChI=1S/C27H28F2N8O3/c1-18(26(39)36-14-12-35(13-15-36)17-23(38)33-21-4-2-3-9-31-21)32-25-24(34-22-16-30-10-11-37(22)25)19-5-7-20(8-6-19)40-27(28)29/h2-11,16,18,27,32H,12-15,17H2,1H3,(H,31,33,38). The monoisotopic (exact) mass is 550 g/mol. The molecule has 1 aromatic carbocycles. The van der Waals surface area contributed by atoms with E-state index in [1.807, 2.05) is 4.90 Å². The normalized spacial score (nSPS) is 14.8. The Bertz CT molecular complexity index is 1460. The number of halogens is 2. The molecule has 0 saturated carbocycles. The summed E-state index contributed by atoms with van der Waals surface area (Å²) in [6.45, 7) is 1.17. The predicted molar refractivity (Wildman–Crippen MR) is 144 cm³/mol. The van der Waals surface area contributed by atoms with Gasteiger partial charge in [0.05, 0.1) is 12.7 Å². The summed E-state index contributed by atoms with van der Waals surface area (Å²) < 4.78 is 31.4. The number of hydrogen-bond donors (Lipinski definition) is 2. The Morgan fingerprint density at radius 1 is 1.05 bits per heavy atom. The first-order valence-corrected chi connectivity index (χ1v) is 12.7. The molecule has 2 amide bonds. The Kier molecular flexibility index (Phi) is 8.10. The molecule has 1 atom stereocenters. The molecule has 0 aliphatic carbocycles. The molecule has 1 saturated heterocycles. The van der Waals surface area contributed by atoms with Crippen molar-refractivity contribution < 1.29 is 23.1 Å². The van der Waals surface area contributed by atoms with Crippen LogP contribution in [0, 0.1) is 0 Å². The van der Waals surface area contributed by atoms with Crippen LogP contribution in [0.4, 0.5) is 20.4 Å². The molecule has 4 aromatic rings. The van der Waals surface area contributed by atoms with Gasteiger partial charge in [-0.2, -0.15) is 8.78 Å². The third kappa shape index (κ3) is 6.31. The summed E-state index contributed by atoms with van der Waals surface area (Å²) in [6.07, 6.45) is 6.55. The maximum Gasteiger partial charge on any atom is 0.387 e. The van der Waals surface area contributed by atoms with Gasteiger partial charge in [-0.1, -0.05) is 6.07 Å². The molecule has 0 radical (unpaired) electrons. The van der Waals surface area contributed by atoms with E-state index in [1.54, 1.807) is 71.3 Å². The summed E-state index contributed by atoms with van der Waals surface area (Å²) in [5.41, 5.74) is 1.76. The van der Waals surface area contributed by atoms with Gasteiger partial charge in [0.2, 0.25) is 11.8 Å². The third-order valence-corrected chi connectivity index (χ3v) is 6.49. The average molecular weight is 551 g/mol. The average Bonchev–Trinajstić information content (AvgIpc) is 3.32. The van der Waals surface area contributed by atoms with E-state index in [0.717, 1.165) is 0 Å². The molecule has 3 aromatic heterocycles. The molecule has 1 aliphatic rings. The lowest BCUT2D eigenvalue weighted by Crippen LogP contribution is -2.53. The van der Waals surface area contributed by atoms with Gasteiger partial charge in [-0.25, -0.2) is 9.97 Å². The molecule has 40 heavy (non-hydrogen) atoms. The summed E-state index contributed by atoms with van der Waals surface area (Å²) in [6, 6.07) is 10.9. The number of aromatic nitrogens is 4. The minimum Gasteiger partial charge on any atom is -0.435 e. The zero-order valence-corrected chi connectivity index (χ0v) is 21.7. The number of alkyl halides is 2. The number of hydrogen-bond acceptors (Lipinski definition) is 8. The van der Waals surface area contributed by atoms with Gasteiger partial charge in [0.15, 0.2) is 5.65 Å². The van der Waals surface area contributed by atoms with E-state index >= 15 is 0 Å². The summed E-state index contributed by atoms with van der Waals surface area (Å²) >= 11 is 0. The van der Waals surface area contributed by atoms with Crippen LogP contribution in [0.15, 0.2) is 67.3 Å². The number of carbonyl (C=O) groups is 2. The van der Waals surface area contributed by atoms with E-state index in [0.29, 0.717) is 54.7 Å². The highest BCUT2D eigenvalue weighted by molar-refractivity contribution is 5.91. The number of piperazine rings is 1. The smallest absolute Gasteiger partial charge is 0.387 e. The minimum atomic E-state index is -2.91. The van der Waals surface area contributed by atoms with E-state index in [-0.39, 0.29) is 24.1 Å². The molecule has 1 unspecified atom stereocenters. The highest BCUT2D eigenvalue weighted by Gasteiger charge is 2.27. The number of imidazole rings is 1. The van der Waals surface area contributed by atoms with Gasteiger partial charge in [0.25, 0.3) is 0 Å². The Labute approximate surface area is 228 Å². The van der Waals surface area contributed by atoms with E-state index in [1.165, 1.54) is 12.1 Å². The van der Waals surface area contributed by atoms with E-state index < -0.39 is 12.7 Å². The fraction of sp³-hybridized carbons (Fsp3) is 0.296. The second-order valence-corrected chi connectivity index (χ2v) is 9.25. The zero-order valence-electron chi connectivity index (χ0n) is 21.7. The fourth-order valence-corrected chi connectivity index (χ4v) is 4.53. The second-order valence-electron chi connectivity index (χ2n) is 9.25. The molecule has 11 nitrogen and oxygen atoms in total. The first-order chi connectivity index (χ1) is 19.4. The van der Waals surface area contributed by atoms with Crippen LogP contribution < -0.4 is 15.4 Å². The number of nitrogens with one attached hydrogen (secondary N) is 2. The minimum absolute atomic E-state index is 0.0376. The van der Waals surface area contributed by atoms with Crippen LogP contribution in [-0.4, -0.2) is 86.3 Å². The van der Waals surface area contributed by atoms with Crippen molar-refractivity contribution in [3.63, 3.8) is 0 Å². The molecule has 13 heteroatoms. The lowest BCUT2D eigenvalue weighted by molar-refractivity contribution is -0.133. The van der Waals surface area contributed by atoms with Crippen LogP contribution in [-0.2, 0) is 9.59 Å². The molecule has 4 heterocycles. The Hall–Kier alpha value is -4.65. The zero-order chi connectivity index (χ0) is 28.1. The van der Waals surface area contributed by atoms with Crippen molar-refractivity contribution >= 4 is 29.1 Å². The molecule has 1 fully saturated rings. The van der Waals surface area contributed by atoms with Gasteiger partial charge in [-0.3, -0.25) is 23.9 Å². The maximum atomic E-state index is 13.4. The highest BCUT2D eigenvalue weighted by atomic mass is 19.3. The molecule has 5 rings (SSSR count). The number of rotatable bonds is 9. The molecule has 208 valence electrons. The van der Waals surface area contributed by atoms with Crippen molar-refractivity contribution in [2.75, 3.05) is 43.4 Å². The van der Waals surface area contributed by atoms with Crippen molar-refractivity contribution in [1.29, 1.82) is 0 Å². The van der Waals surface area contributed by atoms with E-state index in [9.17, 15) is 18.4 Å². The number of pyridine rings is 1. The number of amides is 2. The van der Waals surface area contributed by atoms with Crippen molar-refractivity contribution in [1.82, 2.24) is 29.2 Å². The number of fused-ring (bicyclic) bond motifs is 1. The summed E-state index contributed by atoms with van der Waals surface area (Å²) in [5.74, 6) is 0.868. The van der Waals surface area contributed by atoms with Gasteiger partial charge in [-0.05, 0) is 43.3 Å². The molecular weight excluding hydrogens is 522 g/mol. The number of anilines is 2. The van der Waals surface area contributed by atoms with Crippen molar-refractivity contribution in [3.05, 3.63) is 67.3 Å². The SMILES string of the molecule is CC(Nc1c(-c2ccc(OC(F)F)cc2)nc2cnccn12)C(=O)N1CCN(CC(=O)Nc2ccccn2)CC1. The molecule has 0 spiro atoms. The molecular formula is C27H28F2N8O3. The first-order valence-electron chi connectivity index (χ1n) is 12.7. The Balaban J connectivity index is 1.23. The maximum absolute atomic E-state index is 13.4. The van der Waals surface area contributed by atoms with Crippen LogP contribution in [0.3, 0.4) is 0 Å². The van der Waals surface area contributed by atoms with Crippen LogP contribution >= 0.6 is 0 Å². The summed E-state index contributed by atoms with van der Waals surface area (Å²) in [4.78, 5) is 42.4. The largest absolute Gasteiger partial charge is 0.435 e. The highest BCUT2D eigenvalue weighted by Crippen LogP contribution is 2.30. The third-order valence-electron chi connectivity index (χ3n) is 6.49. The summed E-state index contributed by atoms with van der Waals surface area (Å²) in [5, 5.41) is 6.07. The van der Waals surface area contributed by atoms with Gasteiger partial charge in [0, 0.05) is 50.3 Å². The number of carbonyl (C=O) groups excluding carboxylic acids is 2. The molecule has 2 N–H and O–H groups in total.